The number of hydrogen-bond donors (Lipinski definition) is 1. The standard InChI is InChI=1S/C50H39NO2S2/c1-31-5-17-37(18-6-31)50(38-19-7-32(2)8-20-38)43-29-41(51(39-21-9-33(3)10-22-39)40-23-11-34(4)12-24-40)25-26-42(43)48-44(50)30-47(55-48)46-28-27-45(54-46)35-13-15-36(16-14-35)49(52)53/h5-30H,1-4H3,(H,52,53). The molecule has 1 N–H and O–H groups in total. The number of carboxylic acids is 1. The quantitative estimate of drug-likeness (QED) is 0.168. The second-order valence-electron chi connectivity index (χ2n) is 14.6. The van der Waals surface area contributed by atoms with E-state index in [2.05, 4.69) is 166 Å². The molecule has 2 heterocycles. The molecule has 268 valence electrons. The Morgan fingerprint density at radius 3 is 1.51 bits per heavy atom. The maximum Gasteiger partial charge on any atom is 0.335 e. The molecule has 0 radical (unpaired) electrons. The third-order valence-corrected chi connectivity index (χ3v) is 13.4. The molecule has 55 heavy (non-hydrogen) atoms. The molecule has 9 rings (SSSR count). The van der Waals surface area contributed by atoms with E-state index in [1.807, 2.05) is 23.5 Å². The van der Waals surface area contributed by atoms with Crippen LogP contribution in [0.5, 0.6) is 0 Å². The molecule has 1 aliphatic carbocycles. The Balaban J connectivity index is 1.27. The molecule has 0 amide bonds. The summed E-state index contributed by atoms with van der Waals surface area (Å²) in [6.07, 6.45) is 0. The summed E-state index contributed by atoms with van der Waals surface area (Å²) in [7, 11) is 0. The van der Waals surface area contributed by atoms with Gasteiger partial charge in [0.05, 0.1) is 11.0 Å². The smallest absolute Gasteiger partial charge is 0.335 e. The lowest BCUT2D eigenvalue weighted by Gasteiger charge is -2.34. The van der Waals surface area contributed by atoms with Crippen molar-refractivity contribution in [2.45, 2.75) is 33.1 Å². The highest BCUT2D eigenvalue weighted by Gasteiger charge is 2.48. The van der Waals surface area contributed by atoms with E-state index >= 15 is 0 Å². The summed E-state index contributed by atoms with van der Waals surface area (Å²) in [5.41, 5.74) is 15.3. The second-order valence-corrected chi connectivity index (χ2v) is 16.8. The highest BCUT2D eigenvalue weighted by molar-refractivity contribution is 7.25. The van der Waals surface area contributed by atoms with Crippen LogP contribution in [0.1, 0.15) is 54.9 Å². The summed E-state index contributed by atoms with van der Waals surface area (Å²) in [5, 5.41) is 9.43. The lowest BCUT2D eigenvalue weighted by molar-refractivity contribution is 0.0697. The van der Waals surface area contributed by atoms with E-state index in [9.17, 15) is 9.90 Å². The van der Waals surface area contributed by atoms with Crippen molar-refractivity contribution in [3.05, 3.63) is 208 Å². The van der Waals surface area contributed by atoms with Gasteiger partial charge in [-0.1, -0.05) is 113 Å². The first-order valence-corrected chi connectivity index (χ1v) is 20.1. The van der Waals surface area contributed by atoms with Crippen molar-refractivity contribution in [2.75, 3.05) is 4.90 Å². The minimum absolute atomic E-state index is 0.293. The molecular formula is C50H39NO2S2. The lowest BCUT2D eigenvalue weighted by atomic mass is 9.67. The molecule has 3 nitrogen and oxygen atoms in total. The lowest BCUT2D eigenvalue weighted by Crippen LogP contribution is -2.28. The number of anilines is 3. The maximum absolute atomic E-state index is 11.5. The number of carboxylic acid groups (broad SMARTS) is 1. The second kappa shape index (κ2) is 13.7. The number of benzene rings is 6. The molecule has 2 aromatic heterocycles. The number of hydrogen-bond acceptors (Lipinski definition) is 4. The summed E-state index contributed by atoms with van der Waals surface area (Å²) < 4.78 is 0. The molecule has 0 unspecified atom stereocenters. The van der Waals surface area contributed by atoms with Gasteiger partial charge in [-0.15, -0.1) is 22.7 Å². The molecule has 6 aromatic carbocycles. The Morgan fingerprint density at radius 2 is 0.982 bits per heavy atom. The Morgan fingerprint density at radius 1 is 0.491 bits per heavy atom. The van der Waals surface area contributed by atoms with Crippen LogP contribution in [0.2, 0.25) is 0 Å². The minimum Gasteiger partial charge on any atom is -0.478 e. The molecule has 0 spiro atoms. The summed E-state index contributed by atoms with van der Waals surface area (Å²) in [6, 6.07) is 56.9. The van der Waals surface area contributed by atoms with Gasteiger partial charge in [0.2, 0.25) is 0 Å². The van der Waals surface area contributed by atoms with E-state index in [1.54, 1.807) is 23.5 Å². The summed E-state index contributed by atoms with van der Waals surface area (Å²) in [4.78, 5) is 18.7. The average molecular weight is 750 g/mol. The number of carbonyl (C=O) groups is 1. The largest absolute Gasteiger partial charge is 0.478 e. The van der Waals surface area contributed by atoms with Crippen LogP contribution in [0, 0.1) is 27.7 Å². The van der Waals surface area contributed by atoms with Crippen LogP contribution in [0.25, 0.3) is 30.6 Å². The predicted molar refractivity (Wildman–Crippen MR) is 231 cm³/mol. The van der Waals surface area contributed by atoms with Crippen LogP contribution in [0.4, 0.5) is 17.1 Å². The minimum atomic E-state index is -0.914. The summed E-state index contributed by atoms with van der Waals surface area (Å²) in [5.74, 6) is -0.914. The van der Waals surface area contributed by atoms with Gasteiger partial charge in [-0.3, -0.25) is 0 Å². The highest BCUT2D eigenvalue weighted by atomic mass is 32.1. The van der Waals surface area contributed by atoms with Gasteiger partial charge in [0.15, 0.2) is 0 Å². The molecule has 0 bridgehead atoms. The highest BCUT2D eigenvalue weighted by Crippen LogP contribution is 2.61. The van der Waals surface area contributed by atoms with Gasteiger partial charge in [0.25, 0.3) is 0 Å². The Labute approximate surface area is 330 Å². The molecule has 8 aromatic rings. The van der Waals surface area contributed by atoms with Crippen molar-refractivity contribution in [1.29, 1.82) is 0 Å². The van der Waals surface area contributed by atoms with Crippen LogP contribution in [-0.4, -0.2) is 11.1 Å². The first-order valence-electron chi connectivity index (χ1n) is 18.5. The molecule has 0 saturated heterocycles. The SMILES string of the molecule is Cc1ccc(N(c2ccc(C)cc2)c2ccc3c(c2)C(c2ccc(C)cc2)(c2ccc(C)cc2)c2cc(-c4ccc(-c5ccc(C(=O)O)cc5)s4)sc2-3)cc1. The molecule has 0 saturated carbocycles. The molecule has 5 heteroatoms. The zero-order valence-electron chi connectivity index (χ0n) is 31.1. The van der Waals surface area contributed by atoms with Crippen molar-refractivity contribution in [3.63, 3.8) is 0 Å². The number of aromatic carboxylic acids is 1. The number of fused-ring (bicyclic) bond motifs is 3. The van der Waals surface area contributed by atoms with Gasteiger partial charge in [-0.05, 0) is 128 Å². The zero-order valence-corrected chi connectivity index (χ0v) is 32.8. The predicted octanol–water partition coefficient (Wildman–Crippen LogP) is 13.9. The van der Waals surface area contributed by atoms with Crippen LogP contribution >= 0.6 is 22.7 Å². The fourth-order valence-corrected chi connectivity index (χ4v) is 10.3. The molecule has 0 aliphatic heterocycles. The number of aryl methyl sites for hydroxylation is 4. The zero-order chi connectivity index (χ0) is 37.8. The van der Waals surface area contributed by atoms with Gasteiger partial charge >= 0.3 is 5.97 Å². The van der Waals surface area contributed by atoms with Gasteiger partial charge < -0.3 is 10.0 Å². The normalized spacial score (nSPS) is 12.7. The monoisotopic (exact) mass is 749 g/mol. The van der Waals surface area contributed by atoms with Crippen LogP contribution in [0.3, 0.4) is 0 Å². The Kier molecular flexibility index (Phi) is 8.64. The van der Waals surface area contributed by atoms with Crippen LogP contribution in [0.15, 0.2) is 158 Å². The molecular weight excluding hydrogens is 711 g/mol. The Bertz CT molecular complexity index is 2590. The molecule has 0 fully saturated rings. The maximum atomic E-state index is 11.5. The van der Waals surface area contributed by atoms with E-state index in [1.165, 1.54) is 64.7 Å². The van der Waals surface area contributed by atoms with E-state index in [0.29, 0.717) is 5.56 Å². The average Bonchev–Trinajstić information content (AvgIpc) is 3.92. The number of thiophene rings is 2. The first-order chi connectivity index (χ1) is 26.7. The van der Waals surface area contributed by atoms with E-state index in [4.69, 9.17) is 0 Å². The van der Waals surface area contributed by atoms with Crippen molar-refractivity contribution < 1.29 is 9.90 Å². The van der Waals surface area contributed by atoms with Crippen LogP contribution < -0.4 is 4.90 Å². The van der Waals surface area contributed by atoms with Gasteiger partial charge in [0.1, 0.15) is 0 Å². The van der Waals surface area contributed by atoms with E-state index in [0.717, 1.165) is 27.5 Å². The third kappa shape index (κ3) is 6.01. The van der Waals surface area contributed by atoms with E-state index in [-0.39, 0.29) is 0 Å². The topological polar surface area (TPSA) is 40.5 Å². The van der Waals surface area contributed by atoms with Crippen molar-refractivity contribution in [2.24, 2.45) is 0 Å². The van der Waals surface area contributed by atoms with E-state index < -0.39 is 11.4 Å². The molecule has 1 aliphatic rings. The van der Waals surface area contributed by atoms with Gasteiger partial charge in [-0.2, -0.15) is 0 Å². The third-order valence-electron chi connectivity index (χ3n) is 10.9. The molecule has 0 atom stereocenters. The fourth-order valence-electron chi connectivity index (χ4n) is 7.95. The fraction of sp³-hybridized carbons (Fsp3) is 0.100. The van der Waals surface area contributed by atoms with Gasteiger partial charge in [-0.25, -0.2) is 4.79 Å². The Hall–Kier alpha value is -6.01. The van der Waals surface area contributed by atoms with Gasteiger partial charge in [0, 0.05) is 36.6 Å². The van der Waals surface area contributed by atoms with Crippen molar-refractivity contribution >= 4 is 45.7 Å². The van der Waals surface area contributed by atoms with Crippen LogP contribution in [-0.2, 0) is 5.41 Å². The van der Waals surface area contributed by atoms with Crippen molar-refractivity contribution in [1.82, 2.24) is 0 Å². The summed E-state index contributed by atoms with van der Waals surface area (Å²) >= 11 is 3.61. The number of nitrogens with zero attached hydrogens (tertiary/aromatic N) is 1. The summed E-state index contributed by atoms with van der Waals surface area (Å²) in [6.45, 7) is 8.58. The van der Waals surface area contributed by atoms with Crippen molar-refractivity contribution in [3.8, 4) is 30.6 Å². The first kappa shape index (κ1) is 34.7. The number of rotatable bonds is 8.